The van der Waals surface area contributed by atoms with Crippen LogP contribution in [-0.2, 0) is 9.59 Å². The first-order valence-electron chi connectivity index (χ1n) is 11.7. The fraction of sp³-hybridized carbons (Fsp3) is 0.680. The van der Waals surface area contributed by atoms with Crippen LogP contribution in [0.25, 0.3) is 0 Å². The van der Waals surface area contributed by atoms with Crippen molar-refractivity contribution in [3.05, 3.63) is 34.9 Å². The summed E-state index contributed by atoms with van der Waals surface area (Å²) in [6.07, 6.45) is 12.0. The number of piperidine rings is 1. The molecule has 0 aromatic heterocycles. The zero-order chi connectivity index (χ0) is 21.6. The lowest BCUT2D eigenvalue weighted by molar-refractivity contribution is -0.139. The summed E-state index contributed by atoms with van der Waals surface area (Å²) in [5.41, 5.74) is 1.30. The lowest BCUT2D eigenvalue weighted by Crippen LogP contribution is -2.51. The van der Waals surface area contributed by atoms with Gasteiger partial charge in [-0.3, -0.25) is 9.59 Å². The van der Waals surface area contributed by atoms with E-state index in [0.717, 1.165) is 50.2 Å². The van der Waals surface area contributed by atoms with Crippen molar-refractivity contribution in [3.63, 3.8) is 0 Å². The largest absolute Gasteiger partial charge is 0.355 e. The van der Waals surface area contributed by atoms with Crippen LogP contribution in [0.15, 0.2) is 24.3 Å². The van der Waals surface area contributed by atoms with Crippen molar-refractivity contribution < 1.29 is 9.59 Å². The molecule has 1 aliphatic heterocycles. The zero-order valence-electron chi connectivity index (χ0n) is 18.5. The lowest BCUT2D eigenvalue weighted by Gasteiger charge is -2.45. The first kappa shape index (κ1) is 23.1. The third-order valence-corrected chi connectivity index (χ3v) is 7.43. The highest BCUT2D eigenvalue weighted by Crippen LogP contribution is 2.43. The zero-order valence-corrected chi connectivity index (χ0v) is 19.3. The molecule has 30 heavy (non-hydrogen) atoms. The van der Waals surface area contributed by atoms with Crippen molar-refractivity contribution in [2.75, 3.05) is 13.1 Å². The number of benzene rings is 1. The van der Waals surface area contributed by atoms with Crippen molar-refractivity contribution in [2.24, 2.45) is 11.3 Å². The molecular formula is C25H37ClN2O2. The number of nitrogens with zero attached hydrogens (tertiary/aromatic N) is 1. The standard InChI is InChI=1S/C20H27ClN2O2.C5H10/c1-20(2)12-23(19(25)16-4-3-5-18(16)22-13-24)11-10-17(20)14-6-8-15(21)9-7-14;1-2-4-5-3-1/h6-9,13,16-18H,3-5,10-12H2,1-2H3,(H,22,24);1-5H2. The number of carbonyl (C=O) groups is 2. The number of hydrogen-bond donors (Lipinski definition) is 1. The molecule has 1 N–H and O–H groups in total. The molecule has 2 aliphatic carbocycles. The van der Waals surface area contributed by atoms with Crippen LogP contribution in [0.5, 0.6) is 0 Å². The van der Waals surface area contributed by atoms with Crippen LogP contribution in [0.1, 0.15) is 83.1 Å². The highest BCUT2D eigenvalue weighted by Gasteiger charge is 2.42. The number of carbonyl (C=O) groups excluding carboxylic acids is 2. The van der Waals surface area contributed by atoms with Crippen LogP contribution in [0.3, 0.4) is 0 Å². The van der Waals surface area contributed by atoms with Gasteiger partial charge in [0.1, 0.15) is 0 Å². The molecule has 5 heteroatoms. The number of amides is 2. The van der Waals surface area contributed by atoms with Gasteiger partial charge in [-0.05, 0) is 48.3 Å². The minimum absolute atomic E-state index is 0.00195. The van der Waals surface area contributed by atoms with Gasteiger partial charge in [-0.25, -0.2) is 0 Å². The summed E-state index contributed by atoms with van der Waals surface area (Å²) in [5.74, 6) is 0.564. The molecule has 0 bridgehead atoms. The highest BCUT2D eigenvalue weighted by atomic mass is 35.5. The quantitative estimate of drug-likeness (QED) is 0.634. The SMILES string of the molecule is C1CCCC1.CC1(C)CN(C(=O)C2CCCC2NC=O)CCC1c1ccc(Cl)cc1. The van der Waals surface area contributed by atoms with E-state index < -0.39 is 0 Å². The van der Waals surface area contributed by atoms with Crippen LogP contribution in [-0.4, -0.2) is 36.3 Å². The summed E-state index contributed by atoms with van der Waals surface area (Å²) in [4.78, 5) is 25.8. The normalized spacial score (nSPS) is 27.8. The van der Waals surface area contributed by atoms with E-state index in [1.54, 1.807) is 0 Å². The second kappa shape index (κ2) is 10.7. The van der Waals surface area contributed by atoms with Crippen molar-refractivity contribution >= 4 is 23.9 Å². The summed E-state index contributed by atoms with van der Waals surface area (Å²) < 4.78 is 0. The minimum Gasteiger partial charge on any atom is -0.355 e. The average Bonchev–Trinajstić information content (AvgIpc) is 3.43. The maximum atomic E-state index is 13.0. The Kier molecular flexibility index (Phi) is 8.21. The monoisotopic (exact) mass is 432 g/mol. The predicted molar refractivity (Wildman–Crippen MR) is 123 cm³/mol. The van der Waals surface area contributed by atoms with Gasteiger partial charge in [-0.2, -0.15) is 0 Å². The van der Waals surface area contributed by atoms with Crippen LogP contribution in [0.4, 0.5) is 0 Å². The molecule has 1 saturated heterocycles. The van der Waals surface area contributed by atoms with E-state index in [4.69, 9.17) is 11.6 Å². The second-order valence-electron chi connectivity index (χ2n) is 9.84. The number of likely N-dealkylation sites (tertiary alicyclic amines) is 1. The lowest BCUT2D eigenvalue weighted by atomic mass is 9.70. The summed E-state index contributed by atoms with van der Waals surface area (Å²) in [7, 11) is 0. The maximum Gasteiger partial charge on any atom is 0.227 e. The van der Waals surface area contributed by atoms with E-state index >= 15 is 0 Å². The van der Waals surface area contributed by atoms with Gasteiger partial charge in [0.05, 0.1) is 5.92 Å². The fourth-order valence-corrected chi connectivity index (χ4v) is 5.64. The highest BCUT2D eigenvalue weighted by molar-refractivity contribution is 6.30. The van der Waals surface area contributed by atoms with E-state index in [-0.39, 0.29) is 23.3 Å². The van der Waals surface area contributed by atoms with Crippen molar-refractivity contribution in [1.82, 2.24) is 10.2 Å². The molecule has 3 atom stereocenters. The second-order valence-corrected chi connectivity index (χ2v) is 10.3. The molecule has 1 aromatic rings. The maximum absolute atomic E-state index is 13.0. The first-order valence-corrected chi connectivity index (χ1v) is 12.0. The van der Waals surface area contributed by atoms with Gasteiger partial charge in [0.2, 0.25) is 12.3 Å². The van der Waals surface area contributed by atoms with Gasteiger partial charge in [0.25, 0.3) is 0 Å². The molecular weight excluding hydrogens is 396 g/mol. The molecule has 0 spiro atoms. The molecule has 4 rings (SSSR count). The van der Waals surface area contributed by atoms with Crippen LogP contribution < -0.4 is 5.32 Å². The molecule has 2 saturated carbocycles. The summed E-state index contributed by atoms with van der Waals surface area (Å²) in [6, 6.07) is 8.10. The van der Waals surface area contributed by atoms with Crippen molar-refractivity contribution in [1.29, 1.82) is 0 Å². The predicted octanol–water partition coefficient (Wildman–Crippen LogP) is 5.55. The molecule has 1 heterocycles. The Labute approximate surface area is 186 Å². The van der Waals surface area contributed by atoms with E-state index in [9.17, 15) is 9.59 Å². The Morgan fingerprint density at radius 2 is 1.67 bits per heavy atom. The summed E-state index contributed by atoms with van der Waals surface area (Å²) in [6.45, 7) is 6.01. The molecule has 0 radical (unpaired) electrons. The van der Waals surface area contributed by atoms with Gasteiger partial charge >= 0.3 is 0 Å². The van der Waals surface area contributed by atoms with Crippen molar-refractivity contribution in [2.45, 2.75) is 83.6 Å². The smallest absolute Gasteiger partial charge is 0.227 e. The van der Waals surface area contributed by atoms with Gasteiger partial charge in [0, 0.05) is 24.2 Å². The summed E-state index contributed by atoms with van der Waals surface area (Å²) in [5, 5.41) is 3.59. The van der Waals surface area contributed by atoms with Crippen LogP contribution in [0, 0.1) is 11.3 Å². The Hall–Kier alpha value is -1.55. The van der Waals surface area contributed by atoms with Crippen LogP contribution >= 0.6 is 11.6 Å². The molecule has 166 valence electrons. The number of nitrogens with one attached hydrogen (secondary N) is 1. The van der Waals surface area contributed by atoms with Gasteiger partial charge in [-0.1, -0.05) is 76.1 Å². The number of halogens is 1. The van der Waals surface area contributed by atoms with Gasteiger partial charge in [-0.15, -0.1) is 0 Å². The van der Waals surface area contributed by atoms with Gasteiger partial charge in [0.15, 0.2) is 0 Å². The molecule has 2 amide bonds. The average molecular weight is 433 g/mol. The first-order chi connectivity index (χ1) is 14.4. The molecule has 1 aromatic carbocycles. The minimum atomic E-state index is -0.0620. The van der Waals surface area contributed by atoms with E-state index in [1.807, 2.05) is 17.0 Å². The fourth-order valence-electron chi connectivity index (χ4n) is 5.52. The third kappa shape index (κ3) is 5.78. The van der Waals surface area contributed by atoms with Crippen molar-refractivity contribution in [3.8, 4) is 0 Å². The van der Waals surface area contributed by atoms with Gasteiger partial charge < -0.3 is 10.2 Å². The molecule has 4 nitrogen and oxygen atoms in total. The number of rotatable bonds is 4. The van der Waals surface area contributed by atoms with E-state index in [2.05, 4.69) is 31.3 Å². The third-order valence-electron chi connectivity index (χ3n) is 7.18. The Bertz CT molecular complexity index is 692. The topological polar surface area (TPSA) is 49.4 Å². The van der Waals surface area contributed by atoms with E-state index in [1.165, 1.54) is 37.7 Å². The Morgan fingerprint density at radius 1 is 1.03 bits per heavy atom. The summed E-state index contributed by atoms with van der Waals surface area (Å²) >= 11 is 6.01. The van der Waals surface area contributed by atoms with Crippen LogP contribution in [0.2, 0.25) is 5.02 Å². The Balaban J connectivity index is 0.000000448. The van der Waals surface area contributed by atoms with E-state index in [0.29, 0.717) is 5.92 Å². The molecule has 3 unspecified atom stereocenters. The Morgan fingerprint density at radius 3 is 2.23 bits per heavy atom. The number of hydrogen-bond acceptors (Lipinski definition) is 2. The molecule has 3 aliphatic rings. The molecule has 3 fully saturated rings.